The van der Waals surface area contributed by atoms with Crippen LogP contribution in [0.4, 0.5) is 13.2 Å². The first-order chi connectivity index (χ1) is 9.90. The van der Waals surface area contributed by atoms with E-state index in [2.05, 4.69) is 15.9 Å². The highest BCUT2D eigenvalue weighted by Crippen LogP contribution is 2.31. The number of ether oxygens (including phenoxy) is 2. The molecule has 0 spiro atoms. The van der Waals surface area contributed by atoms with E-state index in [9.17, 15) is 13.2 Å². The van der Waals surface area contributed by atoms with Gasteiger partial charge in [-0.1, -0.05) is 12.1 Å². The highest BCUT2D eigenvalue weighted by atomic mass is 79.9. The number of benzene rings is 2. The molecule has 2 aromatic carbocycles. The molecular weight excluding hydrogens is 349 g/mol. The van der Waals surface area contributed by atoms with Gasteiger partial charge >= 0.3 is 6.18 Å². The summed E-state index contributed by atoms with van der Waals surface area (Å²) >= 11 is 3.34. The third kappa shape index (κ3) is 4.14. The van der Waals surface area contributed by atoms with Gasteiger partial charge in [-0.05, 0) is 51.8 Å². The topological polar surface area (TPSA) is 18.5 Å². The van der Waals surface area contributed by atoms with E-state index in [4.69, 9.17) is 9.47 Å². The summed E-state index contributed by atoms with van der Waals surface area (Å²) in [6, 6.07) is 10.2. The van der Waals surface area contributed by atoms with Crippen LogP contribution in [-0.4, -0.2) is 7.11 Å². The van der Waals surface area contributed by atoms with E-state index >= 15 is 0 Å². The van der Waals surface area contributed by atoms with E-state index in [1.807, 2.05) is 0 Å². The molecule has 0 unspecified atom stereocenters. The van der Waals surface area contributed by atoms with Crippen LogP contribution in [0, 0.1) is 0 Å². The Balaban J connectivity index is 2.08. The first-order valence-corrected chi connectivity index (χ1v) is 6.82. The standard InChI is InChI=1S/C15H12BrF3O2/c1-20-14-6-5-10(7-13(14)16)9-21-12-4-2-3-11(8-12)15(17,18)19/h2-8H,9H2,1H3. The van der Waals surface area contributed by atoms with Crippen LogP contribution in [0.3, 0.4) is 0 Å². The molecule has 0 aliphatic heterocycles. The monoisotopic (exact) mass is 360 g/mol. The van der Waals surface area contributed by atoms with Crippen molar-refractivity contribution in [2.45, 2.75) is 12.8 Å². The van der Waals surface area contributed by atoms with E-state index in [0.29, 0.717) is 5.75 Å². The number of hydrogen-bond acceptors (Lipinski definition) is 2. The second-order valence-corrected chi connectivity index (χ2v) is 5.14. The van der Waals surface area contributed by atoms with E-state index in [1.165, 1.54) is 12.1 Å². The molecule has 0 bridgehead atoms. The van der Waals surface area contributed by atoms with Gasteiger partial charge in [0.2, 0.25) is 0 Å². The summed E-state index contributed by atoms with van der Waals surface area (Å²) in [5.41, 5.74) is 0.0935. The van der Waals surface area contributed by atoms with Crippen molar-refractivity contribution in [1.29, 1.82) is 0 Å². The Kier molecular flexibility index (Phi) is 4.77. The van der Waals surface area contributed by atoms with Crippen LogP contribution in [0.1, 0.15) is 11.1 Å². The summed E-state index contributed by atoms with van der Waals surface area (Å²) < 4.78 is 49.0. The van der Waals surface area contributed by atoms with Crippen molar-refractivity contribution in [3.8, 4) is 11.5 Å². The average molecular weight is 361 g/mol. The van der Waals surface area contributed by atoms with E-state index in [0.717, 1.165) is 22.2 Å². The summed E-state index contributed by atoms with van der Waals surface area (Å²) in [6.45, 7) is 0.171. The lowest BCUT2D eigenvalue weighted by Crippen LogP contribution is -2.05. The Morgan fingerprint density at radius 3 is 2.48 bits per heavy atom. The third-order valence-electron chi connectivity index (χ3n) is 2.78. The van der Waals surface area contributed by atoms with Crippen LogP contribution in [-0.2, 0) is 12.8 Å². The van der Waals surface area contributed by atoms with Gasteiger partial charge in [0.25, 0.3) is 0 Å². The third-order valence-corrected chi connectivity index (χ3v) is 3.40. The molecule has 0 aliphatic carbocycles. The molecule has 0 heterocycles. The molecule has 6 heteroatoms. The number of rotatable bonds is 4. The van der Waals surface area contributed by atoms with Crippen molar-refractivity contribution >= 4 is 15.9 Å². The SMILES string of the molecule is COc1ccc(COc2cccc(C(F)(F)F)c2)cc1Br. The molecule has 0 saturated heterocycles. The highest BCUT2D eigenvalue weighted by molar-refractivity contribution is 9.10. The smallest absolute Gasteiger partial charge is 0.416 e. The van der Waals surface area contributed by atoms with Crippen LogP contribution in [0.15, 0.2) is 46.9 Å². The summed E-state index contributed by atoms with van der Waals surface area (Å²) in [5.74, 6) is 0.856. The predicted molar refractivity (Wildman–Crippen MR) is 76.5 cm³/mol. The van der Waals surface area contributed by atoms with Gasteiger partial charge in [0.1, 0.15) is 18.1 Å². The summed E-state index contributed by atoms with van der Waals surface area (Å²) in [6.07, 6.45) is -4.37. The van der Waals surface area contributed by atoms with Gasteiger partial charge in [0.05, 0.1) is 17.1 Å². The lowest BCUT2D eigenvalue weighted by Gasteiger charge is -2.11. The molecular formula is C15H12BrF3O2. The molecule has 2 aromatic rings. The lowest BCUT2D eigenvalue weighted by atomic mass is 10.2. The summed E-state index contributed by atoms with van der Waals surface area (Å²) in [7, 11) is 1.55. The predicted octanol–water partition coefficient (Wildman–Crippen LogP) is 5.06. The van der Waals surface area contributed by atoms with Crippen LogP contribution in [0.5, 0.6) is 11.5 Å². The molecule has 21 heavy (non-hydrogen) atoms. The van der Waals surface area contributed by atoms with Gasteiger partial charge < -0.3 is 9.47 Å². The van der Waals surface area contributed by atoms with Crippen molar-refractivity contribution in [3.63, 3.8) is 0 Å². The quantitative estimate of drug-likeness (QED) is 0.758. The number of alkyl halides is 3. The maximum absolute atomic E-state index is 12.6. The first kappa shape index (κ1) is 15.7. The van der Waals surface area contributed by atoms with Gasteiger partial charge in [-0.25, -0.2) is 0 Å². The van der Waals surface area contributed by atoms with Crippen LogP contribution in [0.25, 0.3) is 0 Å². The Hall–Kier alpha value is -1.69. The van der Waals surface area contributed by atoms with E-state index in [1.54, 1.807) is 25.3 Å². The second kappa shape index (κ2) is 6.39. The van der Waals surface area contributed by atoms with Crippen LogP contribution >= 0.6 is 15.9 Å². The molecule has 0 radical (unpaired) electrons. The average Bonchev–Trinajstić information content (AvgIpc) is 2.45. The van der Waals surface area contributed by atoms with Crippen molar-refractivity contribution in [2.24, 2.45) is 0 Å². The van der Waals surface area contributed by atoms with E-state index in [-0.39, 0.29) is 12.4 Å². The zero-order chi connectivity index (χ0) is 15.5. The van der Waals surface area contributed by atoms with Gasteiger partial charge in [-0.3, -0.25) is 0 Å². The summed E-state index contributed by atoms with van der Waals surface area (Å²) in [5, 5.41) is 0. The minimum absolute atomic E-state index is 0.171. The molecule has 0 fully saturated rings. The number of methoxy groups -OCH3 is 1. The molecule has 2 rings (SSSR count). The highest BCUT2D eigenvalue weighted by Gasteiger charge is 2.30. The molecule has 0 aromatic heterocycles. The molecule has 0 amide bonds. The minimum atomic E-state index is -4.37. The lowest BCUT2D eigenvalue weighted by molar-refractivity contribution is -0.137. The number of hydrogen-bond donors (Lipinski definition) is 0. The minimum Gasteiger partial charge on any atom is -0.496 e. The Labute approximate surface area is 128 Å². The van der Waals surface area contributed by atoms with Gasteiger partial charge in [0.15, 0.2) is 0 Å². The number of halogens is 4. The van der Waals surface area contributed by atoms with Crippen molar-refractivity contribution < 1.29 is 22.6 Å². The van der Waals surface area contributed by atoms with Gasteiger partial charge in [-0.2, -0.15) is 13.2 Å². The molecule has 0 aliphatic rings. The molecule has 2 nitrogen and oxygen atoms in total. The zero-order valence-electron chi connectivity index (χ0n) is 11.1. The van der Waals surface area contributed by atoms with Gasteiger partial charge in [0, 0.05) is 0 Å². The van der Waals surface area contributed by atoms with E-state index < -0.39 is 11.7 Å². The first-order valence-electron chi connectivity index (χ1n) is 6.02. The fraction of sp³-hybridized carbons (Fsp3) is 0.200. The van der Waals surface area contributed by atoms with Crippen molar-refractivity contribution in [3.05, 3.63) is 58.1 Å². The molecule has 0 atom stereocenters. The van der Waals surface area contributed by atoms with Crippen LogP contribution in [0.2, 0.25) is 0 Å². The zero-order valence-corrected chi connectivity index (χ0v) is 12.7. The molecule has 0 N–H and O–H groups in total. The Bertz CT molecular complexity index is 627. The summed E-state index contributed by atoms with van der Waals surface area (Å²) in [4.78, 5) is 0. The Morgan fingerprint density at radius 2 is 1.86 bits per heavy atom. The molecule has 112 valence electrons. The maximum Gasteiger partial charge on any atom is 0.416 e. The maximum atomic E-state index is 12.6. The second-order valence-electron chi connectivity index (χ2n) is 4.28. The van der Waals surface area contributed by atoms with Crippen LogP contribution < -0.4 is 9.47 Å². The largest absolute Gasteiger partial charge is 0.496 e. The van der Waals surface area contributed by atoms with Crippen molar-refractivity contribution in [2.75, 3.05) is 7.11 Å². The normalized spacial score (nSPS) is 11.3. The fourth-order valence-electron chi connectivity index (χ4n) is 1.73. The van der Waals surface area contributed by atoms with Gasteiger partial charge in [-0.15, -0.1) is 0 Å². The Morgan fingerprint density at radius 1 is 1.10 bits per heavy atom. The van der Waals surface area contributed by atoms with Crippen molar-refractivity contribution in [1.82, 2.24) is 0 Å². The fourth-order valence-corrected chi connectivity index (χ4v) is 2.32. The molecule has 0 saturated carbocycles.